The lowest BCUT2D eigenvalue weighted by molar-refractivity contribution is 0.0696. The van der Waals surface area contributed by atoms with Crippen molar-refractivity contribution in [3.8, 4) is 0 Å². The SMILES string of the molecule is CNc1cc(C2Nc3ccc(C(=O)O)cc3CC2(C)C)ccc1Cl. The maximum absolute atomic E-state index is 11.2. The molecule has 24 heavy (non-hydrogen) atoms. The fraction of sp³-hybridized carbons (Fsp3) is 0.316. The third-order valence-corrected chi connectivity index (χ3v) is 5.00. The van der Waals surface area contributed by atoms with Gasteiger partial charge in [-0.2, -0.15) is 0 Å². The van der Waals surface area contributed by atoms with E-state index in [4.69, 9.17) is 11.6 Å². The highest BCUT2D eigenvalue weighted by Gasteiger charge is 2.36. The molecule has 0 amide bonds. The number of aromatic carboxylic acids is 1. The molecule has 0 bridgehead atoms. The molecule has 0 aromatic heterocycles. The minimum Gasteiger partial charge on any atom is -0.478 e. The molecular formula is C19H21ClN2O2. The second-order valence-electron chi connectivity index (χ2n) is 6.91. The number of carboxylic acid groups (broad SMARTS) is 1. The molecule has 2 aromatic rings. The van der Waals surface area contributed by atoms with E-state index in [-0.39, 0.29) is 11.5 Å². The van der Waals surface area contributed by atoms with E-state index in [0.29, 0.717) is 10.6 Å². The van der Waals surface area contributed by atoms with Crippen LogP contribution >= 0.6 is 11.6 Å². The lowest BCUT2D eigenvalue weighted by atomic mass is 9.72. The molecule has 0 aliphatic carbocycles. The molecule has 126 valence electrons. The van der Waals surface area contributed by atoms with Crippen LogP contribution in [0.5, 0.6) is 0 Å². The fourth-order valence-corrected chi connectivity index (χ4v) is 3.62. The number of benzene rings is 2. The van der Waals surface area contributed by atoms with Gasteiger partial charge >= 0.3 is 5.97 Å². The molecule has 2 aromatic carbocycles. The van der Waals surface area contributed by atoms with E-state index in [9.17, 15) is 9.90 Å². The van der Waals surface area contributed by atoms with Crippen LogP contribution in [-0.4, -0.2) is 18.1 Å². The molecule has 1 heterocycles. The number of anilines is 2. The van der Waals surface area contributed by atoms with Crippen LogP contribution < -0.4 is 10.6 Å². The van der Waals surface area contributed by atoms with Crippen LogP contribution in [0.2, 0.25) is 5.02 Å². The Morgan fingerprint density at radius 1 is 1.29 bits per heavy atom. The highest BCUT2D eigenvalue weighted by atomic mass is 35.5. The van der Waals surface area contributed by atoms with Gasteiger partial charge in [-0.3, -0.25) is 0 Å². The van der Waals surface area contributed by atoms with Crippen molar-refractivity contribution in [3.05, 3.63) is 58.1 Å². The van der Waals surface area contributed by atoms with Crippen molar-refractivity contribution < 1.29 is 9.90 Å². The predicted octanol–water partition coefficient (Wildman–Crippen LogP) is 4.82. The number of rotatable bonds is 3. The van der Waals surface area contributed by atoms with Crippen molar-refractivity contribution in [1.82, 2.24) is 0 Å². The third kappa shape index (κ3) is 2.94. The molecule has 1 aliphatic rings. The monoisotopic (exact) mass is 344 g/mol. The van der Waals surface area contributed by atoms with Gasteiger partial charge in [0, 0.05) is 12.7 Å². The second kappa shape index (κ2) is 6.02. The van der Waals surface area contributed by atoms with E-state index in [1.54, 1.807) is 12.1 Å². The zero-order valence-corrected chi connectivity index (χ0v) is 14.7. The average Bonchev–Trinajstić information content (AvgIpc) is 2.53. The summed E-state index contributed by atoms with van der Waals surface area (Å²) in [6.45, 7) is 4.38. The van der Waals surface area contributed by atoms with Gasteiger partial charge in [0.05, 0.1) is 22.3 Å². The van der Waals surface area contributed by atoms with Crippen LogP contribution in [0.15, 0.2) is 36.4 Å². The third-order valence-electron chi connectivity index (χ3n) is 4.67. The Kier molecular flexibility index (Phi) is 4.18. The van der Waals surface area contributed by atoms with Gasteiger partial charge in [0.25, 0.3) is 0 Å². The van der Waals surface area contributed by atoms with Crippen molar-refractivity contribution in [2.75, 3.05) is 17.7 Å². The fourth-order valence-electron chi connectivity index (χ4n) is 3.41. The molecular weight excluding hydrogens is 324 g/mol. The molecule has 1 unspecified atom stereocenters. The normalized spacial score (nSPS) is 18.4. The van der Waals surface area contributed by atoms with Gasteiger partial charge in [-0.15, -0.1) is 0 Å². The minimum absolute atomic E-state index is 0.0665. The number of halogens is 1. The second-order valence-corrected chi connectivity index (χ2v) is 7.32. The highest BCUT2D eigenvalue weighted by Crippen LogP contribution is 2.45. The first-order valence-corrected chi connectivity index (χ1v) is 8.29. The van der Waals surface area contributed by atoms with Crippen LogP contribution in [0, 0.1) is 5.41 Å². The van der Waals surface area contributed by atoms with E-state index >= 15 is 0 Å². The number of hydrogen-bond acceptors (Lipinski definition) is 3. The minimum atomic E-state index is -0.894. The maximum atomic E-state index is 11.2. The van der Waals surface area contributed by atoms with Gasteiger partial charge in [0.2, 0.25) is 0 Å². The number of carbonyl (C=O) groups is 1. The van der Waals surface area contributed by atoms with Crippen molar-refractivity contribution in [2.24, 2.45) is 5.41 Å². The Morgan fingerprint density at radius 3 is 2.71 bits per heavy atom. The standard InChI is InChI=1S/C19H21ClN2O2/c1-19(2)10-13-8-12(18(23)24)5-7-15(13)22-17(19)11-4-6-14(20)16(9-11)21-3/h4-9,17,21-22H,10H2,1-3H3,(H,23,24). The number of fused-ring (bicyclic) bond motifs is 1. The molecule has 3 N–H and O–H groups in total. The molecule has 0 saturated heterocycles. The first kappa shape index (κ1) is 16.7. The maximum Gasteiger partial charge on any atom is 0.335 e. The molecule has 0 radical (unpaired) electrons. The Labute approximate surface area is 146 Å². The number of carboxylic acids is 1. The van der Waals surface area contributed by atoms with Gasteiger partial charge in [0.15, 0.2) is 0 Å². The van der Waals surface area contributed by atoms with Crippen LogP contribution in [0.3, 0.4) is 0 Å². The zero-order chi connectivity index (χ0) is 17.5. The van der Waals surface area contributed by atoms with Crippen LogP contribution in [0.1, 0.15) is 41.4 Å². The van der Waals surface area contributed by atoms with Crippen LogP contribution in [0.25, 0.3) is 0 Å². The summed E-state index contributed by atoms with van der Waals surface area (Å²) in [6.07, 6.45) is 0.804. The summed E-state index contributed by atoms with van der Waals surface area (Å²) in [5.74, 6) is -0.894. The average molecular weight is 345 g/mol. The largest absolute Gasteiger partial charge is 0.478 e. The van der Waals surface area contributed by atoms with Crippen LogP contribution in [-0.2, 0) is 6.42 Å². The first-order valence-electron chi connectivity index (χ1n) is 7.92. The molecule has 3 rings (SSSR count). The molecule has 0 fully saturated rings. The molecule has 0 saturated carbocycles. The molecule has 5 heteroatoms. The number of nitrogens with one attached hydrogen (secondary N) is 2. The summed E-state index contributed by atoms with van der Waals surface area (Å²) in [7, 11) is 1.85. The van der Waals surface area contributed by atoms with Crippen LogP contribution in [0.4, 0.5) is 11.4 Å². The summed E-state index contributed by atoms with van der Waals surface area (Å²) in [5.41, 5.74) is 4.35. The lowest BCUT2D eigenvalue weighted by Crippen LogP contribution is -2.35. The van der Waals surface area contributed by atoms with Crippen molar-refractivity contribution in [1.29, 1.82) is 0 Å². The topological polar surface area (TPSA) is 61.4 Å². The van der Waals surface area contributed by atoms with Gasteiger partial charge in [-0.25, -0.2) is 4.79 Å². The molecule has 4 nitrogen and oxygen atoms in total. The van der Waals surface area contributed by atoms with E-state index in [1.807, 2.05) is 25.2 Å². The number of hydrogen-bond donors (Lipinski definition) is 3. The van der Waals surface area contributed by atoms with Gasteiger partial charge in [0.1, 0.15) is 0 Å². The van der Waals surface area contributed by atoms with E-state index < -0.39 is 5.97 Å². The summed E-state index contributed by atoms with van der Waals surface area (Å²) < 4.78 is 0. The summed E-state index contributed by atoms with van der Waals surface area (Å²) in [5, 5.41) is 16.6. The smallest absolute Gasteiger partial charge is 0.335 e. The summed E-state index contributed by atoms with van der Waals surface area (Å²) in [6, 6.07) is 11.4. The van der Waals surface area contributed by atoms with Crippen molar-refractivity contribution >= 4 is 28.9 Å². The van der Waals surface area contributed by atoms with E-state index in [1.165, 1.54) is 0 Å². The molecule has 1 atom stereocenters. The Bertz CT molecular complexity index is 802. The Balaban J connectivity index is 2.00. The summed E-state index contributed by atoms with van der Waals surface area (Å²) in [4.78, 5) is 11.2. The van der Waals surface area contributed by atoms with E-state index in [2.05, 4.69) is 30.5 Å². The van der Waals surface area contributed by atoms with Crippen molar-refractivity contribution in [2.45, 2.75) is 26.3 Å². The Morgan fingerprint density at radius 2 is 2.04 bits per heavy atom. The Hall–Kier alpha value is -2.20. The van der Waals surface area contributed by atoms with Gasteiger partial charge in [-0.1, -0.05) is 31.5 Å². The van der Waals surface area contributed by atoms with Gasteiger partial charge in [-0.05, 0) is 53.3 Å². The van der Waals surface area contributed by atoms with Gasteiger partial charge < -0.3 is 15.7 Å². The van der Waals surface area contributed by atoms with Crippen molar-refractivity contribution in [3.63, 3.8) is 0 Å². The molecule has 1 aliphatic heterocycles. The predicted molar refractivity (Wildman–Crippen MR) is 98.2 cm³/mol. The molecule has 0 spiro atoms. The van der Waals surface area contributed by atoms with E-state index in [0.717, 1.165) is 28.9 Å². The zero-order valence-electron chi connectivity index (χ0n) is 14.0. The summed E-state index contributed by atoms with van der Waals surface area (Å²) >= 11 is 6.20. The lowest BCUT2D eigenvalue weighted by Gasteiger charge is -2.41. The first-order chi connectivity index (χ1) is 11.3. The quantitative estimate of drug-likeness (QED) is 0.747. The highest BCUT2D eigenvalue weighted by molar-refractivity contribution is 6.33.